The van der Waals surface area contributed by atoms with Crippen molar-refractivity contribution in [3.8, 4) is 0 Å². The third kappa shape index (κ3) is 4.82. The summed E-state index contributed by atoms with van der Waals surface area (Å²) in [6, 6.07) is 9.87. The van der Waals surface area contributed by atoms with Crippen LogP contribution in [0.5, 0.6) is 0 Å². The number of benzene rings is 1. The Morgan fingerprint density at radius 2 is 2.20 bits per heavy atom. The van der Waals surface area contributed by atoms with Crippen LogP contribution in [0.15, 0.2) is 47.0 Å². The zero-order valence-corrected chi connectivity index (χ0v) is 14.7. The van der Waals surface area contributed by atoms with Crippen LogP contribution in [0.25, 0.3) is 0 Å². The van der Waals surface area contributed by atoms with E-state index in [9.17, 15) is 4.79 Å². The van der Waals surface area contributed by atoms with E-state index in [1.165, 1.54) is 5.57 Å². The van der Waals surface area contributed by atoms with Crippen molar-refractivity contribution in [1.82, 2.24) is 10.6 Å². The third-order valence-electron chi connectivity index (χ3n) is 4.55. The molecule has 6 nitrogen and oxygen atoms in total. The molecule has 1 saturated heterocycles. The number of aliphatic imine (C=N–C) groups is 1. The Labute approximate surface area is 149 Å². The summed E-state index contributed by atoms with van der Waals surface area (Å²) < 4.78 is 5.32. The van der Waals surface area contributed by atoms with E-state index in [4.69, 9.17) is 4.74 Å². The summed E-state index contributed by atoms with van der Waals surface area (Å²) in [5, 5.41) is 6.71. The van der Waals surface area contributed by atoms with Crippen molar-refractivity contribution in [1.29, 1.82) is 0 Å². The molecule has 1 unspecified atom stereocenters. The number of carbonyl (C=O) groups is 1. The van der Waals surface area contributed by atoms with Gasteiger partial charge < -0.3 is 20.3 Å². The van der Waals surface area contributed by atoms with Crippen molar-refractivity contribution in [2.45, 2.75) is 25.3 Å². The van der Waals surface area contributed by atoms with Gasteiger partial charge in [0.05, 0.1) is 19.3 Å². The highest BCUT2D eigenvalue weighted by molar-refractivity contribution is 5.97. The molecule has 2 N–H and O–H groups in total. The molecule has 0 aliphatic carbocycles. The summed E-state index contributed by atoms with van der Waals surface area (Å²) in [4.78, 5) is 18.4. The zero-order chi connectivity index (χ0) is 17.5. The Bertz CT molecular complexity index is 642. The molecule has 0 saturated carbocycles. The SMILES string of the molecule is CN=C(NCCC1=CCOCC1)NC1CC(=O)N(c2ccccc2)C1. The van der Waals surface area contributed by atoms with Gasteiger partial charge in [0, 0.05) is 32.2 Å². The molecule has 1 aromatic rings. The first kappa shape index (κ1) is 17.5. The number of amides is 1. The van der Waals surface area contributed by atoms with Crippen LogP contribution in [0.3, 0.4) is 0 Å². The Hall–Kier alpha value is -2.34. The van der Waals surface area contributed by atoms with E-state index >= 15 is 0 Å². The number of anilines is 1. The third-order valence-corrected chi connectivity index (χ3v) is 4.55. The summed E-state index contributed by atoms with van der Waals surface area (Å²) in [7, 11) is 1.76. The highest BCUT2D eigenvalue weighted by atomic mass is 16.5. The molecule has 0 spiro atoms. The molecular formula is C19H26N4O2. The second kappa shape index (κ2) is 8.67. The van der Waals surface area contributed by atoms with Gasteiger partial charge in [-0.05, 0) is 25.0 Å². The molecule has 1 fully saturated rings. The van der Waals surface area contributed by atoms with Crippen LogP contribution in [-0.2, 0) is 9.53 Å². The van der Waals surface area contributed by atoms with Crippen LogP contribution in [0, 0.1) is 0 Å². The summed E-state index contributed by atoms with van der Waals surface area (Å²) in [5.41, 5.74) is 2.38. The monoisotopic (exact) mass is 342 g/mol. The fraction of sp³-hybridized carbons (Fsp3) is 0.474. The molecule has 3 rings (SSSR count). The highest BCUT2D eigenvalue weighted by Crippen LogP contribution is 2.20. The van der Waals surface area contributed by atoms with Crippen LogP contribution in [0.2, 0.25) is 0 Å². The molecular weight excluding hydrogens is 316 g/mol. The van der Waals surface area contributed by atoms with Gasteiger partial charge in [0.1, 0.15) is 0 Å². The Morgan fingerprint density at radius 1 is 1.36 bits per heavy atom. The van der Waals surface area contributed by atoms with E-state index in [1.54, 1.807) is 7.05 Å². The van der Waals surface area contributed by atoms with Crippen molar-refractivity contribution in [3.05, 3.63) is 42.0 Å². The van der Waals surface area contributed by atoms with Crippen LogP contribution in [-0.4, -0.2) is 51.3 Å². The molecule has 6 heteroatoms. The van der Waals surface area contributed by atoms with E-state index in [2.05, 4.69) is 21.7 Å². The lowest BCUT2D eigenvalue weighted by Gasteiger charge is -2.19. The molecule has 1 atom stereocenters. The predicted octanol–water partition coefficient (Wildman–Crippen LogP) is 1.69. The molecule has 1 aromatic carbocycles. The molecule has 0 radical (unpaired) electrons. The summed E-state index contributed by atoms with van der Waals surface area (Å²) in [5.74, 6) is 0.895. The fourth-order valence-corrected chi connectivity index (χ4v) is 3.18. The van der Waals surface area contributed by atoms with Crippen molar-refractivity contribution in [2.24, 2.45) is 4.99 Å². The largest absolute Gasteiger partial charge is 0.377 e. The Kier molecular flexibility index (Phi) is 6.06. The van der Waals surface area contributed by atoms with Gasteiger partial charge >= 0.3 is 0 Å². The van der Waals surface area contributed by atoms with E-state index in [1.807, 2.05) is 35.2 Å². The van der Waals surface area contributed by atoms with E-state index in [-0.39, 0.29) is 11.9 Å². The Morgan fingerprint density at radius 3 is 2.92 bits per heavy atom. The molecule has 25 heavy (non-hydrogen) atoms. The van der Waals surface area contributed by atoms with Crippen LogP contribution in [0.1, 0.15) is 19.3 Å². The van der Waals surface area contributed by atoms with Gasteiger partial charge in [-0.3, -0.25) is 9.79 Å². The minimum atomic E-state index is 0.0706. The summed E-state index contributed by atoms with van der Waals surface area (Å²) >= 11 is 0. The summed E-state index contributed by atoms with van der Waals surface area (Å²) in [6.07, 6.45) is 4.65. The molecule has 2 heterocycles. The normalized spacial score (nSPS) is 21.2. The quantitative estimate of drug-likeness (QED) is 0.486. The van der Waals surface area contributed by atoms with Gasteiger partial charge in [-0.25, -0.2) is 0 Å². The fourth-order valence-electron chi connectivity index (χ4n) is 3.18. The molecule has 2 aliphatic heterocycles. The average Bonchev–Trinajstić information content (AvgIpc) is 3.02. The number of hydrogen-bond acceptors (Lipinski definition) is 3. The minimum absolute atomic E-state index is 0.0706. The number of ether oxygens (including phenoxy) is 1. The van der Waals surface area contributed by atoms with Crippen molar-refractivity contribution in [3.63, 3.8) is 0 Å². The number of carbonyl (C=O) groups excluding carboxylic acids is 1. The van der Waals surface area contributed by atoms with E-state index < -0.39 is 0 Å². The molecule has 1 amide bonds. The summed E-state index contributed by atoms with van der Waals surface area (Å²) in [6.45, 7) is 3.03. The van der Waals surface area contributed by atoms with Crippen LogP contribution >= 0.6 is 0 Å². The lowest BCUT2D eigenvalue weighted by molar-refractivity contribution is -0.117. The molecule has 2 aliphatic rings. The van der Waals surface area contributed by atoms with Gasteiger partial charge in [0.25, 0.3) is 0 Å². The smallest absolute Gasteiger partial charge is 0.229 e. The van der Waals surface area contributed by atoms with Crippen molar-refractivity contribution in [2.75, 3.05) is 38.3 Å². The van der Waals surface area contributed by atoms with Crippen LogP contribution in [0.4, 0.5) is 5.69 Å². The van der Waals surface area contributed by atoms with E-state index in [0.29, 0.717) is 13.0 Å². The standard InChI is InChI=1S/C19H26N4O2/c1-20-19(21-10-7-15-8-11-25-12-9-15)22-16-13-18(24)23(14-16)17-5-3-2-4-6-17/h2-6,8,16H,7,9-14H2,1H3,(H2,20,21,22). The zero-order valence-electron chi connectivity index (χ0n) is 14.7. The van der Waals surface area contributed by atoms with Gasteiger partial charge in [0.15, 0.2) is 5.96 Å². The maximum atomic E-state index is 12.3. The van der Waals surface area contributed by atoms with Gasteiger partial charge in [0.2, 0.25) is 5.91 Å². The van der Waals surface area contributed by atoms with Gasteiger partial charge in [-0.15, -0.1) is 0 Å². The molecule has 0 bridgehead atoms. The van der Waals surface area contributed by atoms with Crippen molar-refractivity contribution < 1.29 is 9.53 Å². The number of rotatable bonds is 5. The lowest BCUT2D eigenvalue weighted by atomic mass is 10.1. The number of guanidine groups is 1. The Balaban J connectivity index is 1.47. The van der Waals surface area contributed by atoms with Gasteiger partial charge in [-0.2, -0.15) is 0 Å². The molecule has 134 valence electrons. The topological polar surface area (TPSA) is 66.0 Å². The average molecular weight is 342 g/mol. The molecule has 0 aromatic heterocycles. The maximum Gasteiger partial charge on any atom is 0.229 e. The highest BCUT2D eigenvalue weighted by Gasteiger charge is 2.30. The number of para-hydroxylation sites is 1. The predicted molar refractivity (Wildman–Crippen MR) is 99.8 cm³/mol. The maximum absolute atomic E-state index is 12.3. The van der Waals surface area contributed by atoms with Gasteiger partial charge in [-0.1, -0.05) is 29.8 Å². The number of nitrogens with zero attached hydrogens (tertiary/aromatic N) is 2. The minimum Gasteiger partial charge on any atom is -0.377 e. The lowest BCUT2D eigenvalue weighted by Crippen LogP contribution is -2.45. The van der Waals surface area contributed by atoms with E-state index in [0.717, 1.165) is 44.2 Å². The van der Waals surface area contributed by atoms with Crippen LogP contribution < -0.4 is 15.5 Å². The second-order valence-electron chi connectivity index (χ2n) is 6.32. The first-order valence-corrected chi connectivity index (χ1v) is 8.84. The number of hydrogen-bond donors (Lipinski definition) is 2. The van der Waals surface area contributed by atoms with Crippen molar-refractivity contribution >= 4 is 17.6 Å². The number of nitrogens with one attached hydrogen (secondary N) is 2. The first-order valence-electron chi connectivity index (χ1n) is 8.84. The first-order chi connectivity index (χ1) is 12.3. The second-order valence-corrected chi connectivity index (χ2v) is 6.32.